The molecule has 0 radical (unpaired) electrons. The van der Waals surface area contributed by atoms with Gasteiger partial charge in [-0.1, -0.05) is 30.3 Å². The monoisotopic (exact) mass is 492 g/mol. The van der Waals surface area contributed by atoms with Crippen LogP contribution in [-0.2, 0) is 13.1 Å². The molecular formula is C21H25IN4O2. The highest BCUT2D eigenvalue weighted by Crippen LogP contribution is 2.24. The van der Waals surface area contributed by atoms with Crippen molar-refractivity contribution in [2.45, 2.75) is 26.9 Å². The van der Waals surface area contributed by atoms with Crippen molar-refractivity contribution in [2.75, 3.05) is 6.54 Å². The summed E-state index contributed by atoms with van der Waals surface area (Å²) in [5.41, 5.74) is 8.75. The number of primary amides is 1. The van der Waals surface area contributed by atoms with Crippen molar-refractivity contribution < 1.29 is 9.21 Å². The Morgan fingerprint density at radius 2 is 1.93 bits per heavy atom. The molecule has 0 aliphatic rings. The molecule has 0 saturated carbocycles. The van der Waals surface area contributed by atoms with Crippen LogP contribution in [-0.4, -0.2) is 18.4 Å². The number of aliphatic imine (C=N–C) groups is 1. The number of hydrogen-bond acceptors (Lipinski definition) is 3. The van der Waals surface area contributed by atoms with Crippen LogP contribution >= 0.6 is 24.0 Å². The fourth-order valence-electron chi connectivity index (χ4n) is 2.89. The summed E-state index contributed by atoms with van der Waals surface area (Å²) in [5.74, 6) is 1.13. The number of para-hydroxylation sites is 1. The summed E-state index contributed by atoms with van der Waals surface area (Å²) >= 11 is 0. The second-order valence-corrected chi connectivity index (χ2v) is 6.26. The van der Waals surface area contributed by atoms with Gasteiger partial charge in [-0.2, -0.15) is 0 Å². The molecular weight excluding hydrogens is 467 g/mol. The number of halogens is 1. The van der Waals surface area contributed by atoms with Crippen LogP contribution in [0.2, 0.25) is 0 Å². The molecule has 2 aromatic carbocycles. The third kappa shape index (κ3) is 5.25. The molecule has 148 valence electrons. The Bertz CT molecular complexity index is 981. The van der Waals surface area contributed by atoms with Gasteiger partial charge >= 0.3 is 0 Å². The fraction of sp³-hybridized carbons (Fsp3) is 0.238. The van der Waals surface area contributed by atoms with Crippen LogP contribution in [0.15, 0.2) is 57.9 Å². The topological polar surface area (TPSA) is 92.6 Å². The molecule has 4 N–H and O–H groups in total. The third-order valence-corrected chi connectivity index (χ3v) is 4.33. The standard InChI is InChI=1S/C21H24N4O2.HI/c1-3-23-21(24-12-15-7-6-8-16(11-15)20(22)26)25-13-19-14(2)17-9-4-5-10-18(17)27-19;/h4-11H,3,12-13H2,1-2H3,(H2,22,26)(H2,23,24,25);1H. The van der Waals surface area contributed by atoms with E-state index in [1.54, 1.807) is 12.1 Å². The van der Waals surface area contributed by atoms with E-state index in [1.807, 2.05) is 37.3 Å². The highest BCUT2D eigenvalue weighted by molar-refractivity contribution is 14.0. The summed E-state index contributed by atoms with van der Waals surface area (Å²) in [6.45, 7) is 5.79. The van der Waals surface area contributed by atoms with Crippen molar-refractivity contribution in [3.05, 3.63) is 71.0 Å². The van der Waals surface area contributed by atoms with Crippen LogP contribution < -0.4 is 16.4 Å². The van der Waals surface area contributed by atoms with Gasteiger partial charge in [0.15, 0.2) is 5.96 Å². The summed E-state index contributed by atoms with van der Waals surface area (Å²) in [7, 11) is 0. The van der Waals surface area contributed by atoms with Gasteiger partial charge in [0.1, 0.15) is 11.3 Å². The highest BCUT2D eigenvalue weighted by atomic mass is 127. The molecule has 3 rings (SSSR count). The second kappa shape index (κ2) is 10.1. The quantitative estimate of drug-likeness (QED) is 0.278. The van der Waals surface area contributed by atoms with Crippen molar-refractivity contribution in [1.29, 1.82) is 0 Å². The molecule has 28 heavy (non-hydrogen) atoms. The van der Waals surface area contributed by atoms with Crippen molar-refractivity contribution in [2.24, 2.45) is 10.7 Å². The molecule has 3 aromatic rings. The number of amides is 1. The lowest BCUT2D eigenvalue weighted by Gasteiger charge is -2.11. The van der Waals surface area contributed by atoms with E-state index in [0.717, 1.165) is 34.4 Å². The first kappa shape index (κ1) is 21.7. The minimum atomic E-state index is -0.439. The number of aryl methyl sites for hydroxylation is 1. The summed E-state index contributed by atoms with van der Waals surface area (Å²) in [4.78, 5) is 15.9. The largest absolute Gasteiger partial charge is 0.459 e. The van der Waals surface area contributed by atoms with Crippen LogP contribution in [0, 0.1) is 6.92 Å². The predicted octanol–water partition coefficient (Wildman–Crippen LogP) is 3.71. The van der Waals surface area contributed by atoms with Gasteiger partial charge in [0.2, 0.25) is 5.91 Å². The number of nitrogens with zero attached hydrogens (tertiary/aromatic N) is 1. The minimum absolute atomic E-state index is 0. The Balaban J connectivity index is 0.00000280. The zero-order valence-corrected chi connectivity index (χ0v) is 18.3. The van der Waals surface area contributed by atoms with Crippen LogP contribution in [0.25, 0.3) is 11.0 Å². The lowest BCUT2D eigenvalue weighted by Crippen LogP contribution is -2.36. The van der Waals surface area contributed by atoms with Gasteiger partial charge in [0.25, 0.3) is 0 Å². The summed E-state index contributed by atoms with van der Waals surface area (Å²) in [6, 6.07) is 15.2. The molecule has 1 heterocycles. The molecule has 0 atom stereocenters. The average Bonchev–Trinajstić information content (AvgIpc) is 3.00. The molecule has 7 heteroatoms. The fourth-order valence-corrected chi connectivity index (χ4v) is 2.89. The number of rotatable bonds is 6. The molecule has 1 aromatic heterocycles. The summed E-state index contributed by atoms with van der Waals surface area (Å²) < 4.78 is 5.94. The van der Waals surface area contributed by atoms with Gasteiger partial charge in [-0.25, -0.2) is 4.99 Å². The zero-order valence-electron chi connectivity index (χ0n) is 16.0. The molecule has 0 spiro atoms. The maximum Gasteiger partial charge on any atom is 0.248 e. The molecule has 0 fully saturated rings. The maximum atomic E-state index is 11.3. The van der Waals surface area contributed by atoms with Gasteiger partial charge in [0.05, 0.1) is 13.1 Å². The number of carbonyl (C=O) groups is 1. The molecule has 0 aliphatic carbocycles. The first-order valence-corrected chi connectivity index (χ1v) is 8.96. The first-order valence-electron chi connectivity index (χ1n) is 8.96. The third-order valence-electron chi connectivity index (χ3n) is 4.33. The zero-order chi connectivity index (χ0) is 19.2. The Morgan fingerprint density at radius 3 is 2.64 bits per heavy atom. The Morgan fingerprint density at radius 1 is 1.14 bits per heavy atom. The van der Waals surface area contributed by atoms with E-state index in [9.17, 15) is 4.79 Å². The summed E-state index contributed by atoms with van der Waals surface area (Å²) in [5, 5.41) is 7.64. The summed E-state index contributed by atoms with van der Waals surface area (Å²) in [6.07, 6.45) is 0. The van der Waals surface area contributed by atoms with Crippen molar-refractivity contribution in [1.82, 2.24) is 10.6 Å². The highest BCUT2D eigenvalue weighted by Gasteiger charge is 2.10. The maximum absolute atomic E-state index is 11.3. The molecule has 0 bridgehead atoms. The van der Waals surface area contributed by atoms with Crippen molar-refractivity contribution in [3.8, 4) is 0 Å². The molecule has 0 unspecified atom stereocenters. The number of nitrogens with two attached hydrogens (primary N) is 1. The van der Waals surface area contributed by atoms with E-state index in [2.05, 4.69) is 28.6 Å². The van der Waals surface area contributed by atoms with E-state index in [4.69, 9.17) is 10.2 Å². The minimum Gasteiger partial charge on any atom is -0.459 e. The van der Waals surface area contributed by atoms with Crippen LogP contribution in [0.4, 0.5) is 0 Å². The molecule has 6 nitrogen and oxygen atoms in total. The van der Waals surface area contributed by atoms with E-state index in [1.165, 1.54) is 0 Å². The Labute approximate surface area is 181 Å². The Hall–Kier alpha value is -2.55. The predicted molar refractivity (Wildman–Crippen MR) is 123 cm³/mol. The van der Waals surface area contributed by atoms with Crippen molar-refractivity contribution in [3.63, 3.8) is 0 Å². The normalized spacial score (nSPS) is 11.1. The van der Waals surface area contributed by atoms with E-state index < -0.39 is 5.91 Å². The van der Waals surface area contributed by atoms with Crippen LogP contribution in [0.5, 0.6) is 0 Å². The number of hydrogen-bond donors (Lipinski definition) is 3. The first-order chi connectivity index (χ1) is 13.1. The molecule has 0 saturated heterocycles. The number of guanidine groups is 1. The van der Waals surface area contributed by atoms with Gasteiger partial charge < -0.3 is 20.8 Å². The lowest BCUT2D eigenvalue weighted by molar-refractivity contribution is 0.1000. The molecule has 0 aliphatic heterocycles. The smallest absolute Gasteiger partial charge is 0.248 e. The van der Waals surface area contributed by atoms with Gasteiger partial charge in [-0.15, -0.1) is 24.0 Å². The van der Waals surface area contributed by atoms with E-state index >= 15 is 0 Å². The Kier molecular flexibility index (Phi) is 7.86. The number of fused-ring (bicyclic) bond motifs is 1. The van der Waals surface area contributed by atoms with Gasteiger partial charge in [-0.3, -0.25) is 4.79 Å². The molecule has 1 amide bonds. The number of benzene rings is 2. The number of furan rings is 1. The van der Waals surface area contributed by atoms with E-state index in [-0.39, 0.29) is 24.0 Å². The number of carbonyl (C=O) groups excluding carboxylic acids is 1. The van der Waals surface area contributed by atoms with Crippen LogP contribution in [0.3, 0.4) is 0 Å². The van der Waals surface area contributed by atoms with Crippen molar-refractivity contribution >= 4 is 46.8 Å². The number of nitrogens with one attached hydrogen (secondary N) is 2. The average molecular weight is 492 g/mol. The van der Waals surface area contributed by atoms with Gasteiger partial charge in [-0.05, 0) is 37.6 Å². The second-order valence-electron chi connectivity index (χ2n) is 6.26. The SMILES string of the molecule is CCNC(=NCc1cccc(C(N)=O)c1)NCc1oc2ccccc2c1C.I. The van der Waals surface area contributed by atoms with Gasteiger partial charge in [0, 0.05) is 23.1 Å². The lowest BCUT2D eigenvalue weighted by atomic mass is 10.1. The van der Waals surface area contributed by atoms with E-state index in [0.29, 0.717) is 24.6 Å². The van der Waals surface area contributed by atoms with Crippen LogP contribution in [0.1, 0.15) is 34.2 Å².